The molecule has 0 N–H and O–H groups in total. The predicted molar refractivity (Wildman–Crippen MR) is 117 cm³/mol. The first-order valence-electron chi connectivity index (χ1n) is 9.62. The van der Waals surface area contributed by atoms with E-state index >= 15 is 0 Å². The lowest BCUT2D eigenvalue weighted by molar-refractivity contribution is -0.119. The summed E-state index contributed by atoms with van der Waals surface area (Å²) in [6.07, 6.45) is 0. The first-order chi connectivity index (χ1) is 14.2. The van der Waals surface area contributed by atoms with E-state index in [4.69, 9.17) is 11.6 Å². The Hall–Kier alpha value is -3.36. The van der Waals surface area contributed by atoms with E-state index in [1.165, 1.54) is 0 Å². The fourth-order valence-corrected chi connectivity index (χ4v) is 5.15. The largest absolute Gasteiger partial charge is 0.279 e. The number of nitrogens with zero attached hydrogens (tertiary/aromatic N) is 1. The van der Waals surface area contributed by atoms with E-state index in [-0.39, 0.29) is 5.91 Å². The van der Waals surface area contributed by atoms with Crippen LogP contribution >= 0.6 is 11.6 Å². The molecule has 1 heterocycles. The minimum Gasteiger partial charge on any atom is -0.279 e. The second kappa shape index (κ2) is 5.82. The van der Waals surface area contributed by atoms with Crippen LogP contribution in [0.4, 0.5) is 11.4 Å². The predicted octanol–water partition coefficient (Wildman–Crippen LogP) is 6.33. The van der Waals surface area contributed by atoms with Crippen LogP contribution in [0.2, 0.25) is 5.02 Å². The van der Waals surface area contributed by atoms with Crippen molar-refractivity contribution in [3.8, 4) is 11.1 Å². The molecule has 4 aromatic carbocycles. The number of benzene rings is 4. The van der Waals surface area contributed by atoms with Gasteiger partial charge in [-0.1, -0.05) is 84.4 Å². The summed E-state index contributed by atoms with van der Waals surface area (Å²) >= 11 is 6.38. The van der Waals surface area contributed by atoms with Crippen molar-refractivity contribution in [3.05, 3.63) is 119 Å². The third kappa shape index (κ3) is 1.99. The zero-order valence-corrected chi connectivity index (χ0v) is 16.2. The maximum absolute atomic E-state index is 14.3. The van der Waals surface area contributed by atoms with Crippen molar-refractivity contribution >= 4 is 28.9 Å². The molecule has 4 aromatic rings. The van der Waals surface area contributed by atoms with E-state index in [1.807, 2.05) is 77.7 Å². The molecule has 0 unspecified atom stereocenters. The molecule has 2 aliphatic rings. The first-order valence-corrected chi connectivity index (χ1v) is 10.00. The zero-order chi connectivity index (χ0) is 19.6. The third-order valence-electron chi connectivity index (χ3n) is 6.10. The van der Waals surface area contributed by atoms with Crippen LogP contribution in [0.25, 0.3) is 11.1 Å². The van der Waals surface area contributed by atoms with Crippen LogP contribution in [-0.4, -0.2) is 5.91 Å². The molecule has 3 heteroatoms. The quantitative estimate of drug-likeness (QED) is 0.370. The fourth-order valence-electron chi connectivity index (χ4n) is 4.99. The van der Waals surface area contributed by atoms with Gasteiger partial charge in [0.2, 0.25) is 0 Å². The number of para-hydroxylation sites is 1. The fraction of sp³-hybridized carbons (Fsp3) is 0.0385. The molecular formula is C26H16ClNO. The standard InChI is InChI=1S/C26H16ClNO/c27-17-14-15-23-24(16-17)28(18-8-2-1-3-9-18)25(29)26(23)21-12-6-4-10-19(21)20-11-5-7-13-22(20)26/h1-16H. The molecule has 6 rings (SSSR count). The molecule has 1 aliphatic heterocycles. The van der Waals surface area contributed by atoms with E-state index < -0.39 is 5.41 Å². The van der Waals surface area contributed by atoms with E-state index in [1.54, 1.807) is 0 Å². The molecular weight excluding hydrogens is 378 g/mol. The number of hydrogen-bond acceptors (Lipinski definition) is 1. The van der Waals surface area contributed by atoms with E-state index in [9.17, 15) is 4.79 Å². The second-order valence-electron chi connectivity index (χ2n) is 7.48. The van der Waals surface area contributed by atoms with Gasteiger partial charge in [0.25, 0.3) is 5.91 Å². The van der Waals surface area contributed by atoms with Gasteiger partial charge in [0.1, 0.15) is 5.41 Å². The number of amides is 1. The Balaban J connectivity index is 1.75. The van der Waals surface area contributed by atoms with E-state index in [0.29, 0.717) is 5.02 Å². The highest BCUT2D eigenvalue weighted by molar-refractivity contribution is 6.31. The molecule has 1 spiro atoms. The van der Waals surface area contributed by atoms with Crippen LogP contribution in [0.15, 0.2) is 97.1 Å². The van der Waals surface area contributed by atoms with Gasteiger partial charge in [-0.25, -0.2) is 0 Å². The molecule has 0 saturated heterocycles. The van der Waals surface area contributed by atoms with E-state index in [2.05, 4.69) is 24.3 Å². The molecule has 0 bridgehead atoms. The number of carbonyl (C=O) groups is 1. The maximum atomic E-state index is 14.3. The highest BCUT2D eigenvalue weighted by Crippen LogP contribution is 2.60. The topological polar surface area (TPSA) is 20.3 Å². The normalized spacial score (nSPS) is 15.3. The summed E-state index contributed by atoms with van der Waals surface area (Å²) in [5.41, 5.74) is 6.12. The number of halogens is 1. The van der Waals surface area contributed by atoms with Gasteiger partial charge in [0.05, 0.1) is 5.69 Å². The molecule has 0 fully saturated rings. The summed E-state index contributed by atoms with van der Waals surface area (Å²) < 4.78 is 0. The average Bonchev–Trinajstić information content (AvgIpc) is 3.20. The van der Waals surface area contributed by atoms with Crippen molar-refractivity contribution in [2.45, 2.75) is 5.41 Å². The summed E-state index contributed by atoms with van der Waals surface area (Å²) in [4.78, 5) is 16.1. The summed E-state index contributed by atoms with van der Waals surface area (Å²) in [6, 6.07) is 32.1. The van der Waals surface area contributed by atoms with Crippen LogP contribution < -0.4 is 4.90 Å². The Bertz CT molecular complexity index is 1250. The Morgan fingerprint density at radius 3 is 1.90 bits per heavy atom. The third-order valence-corrected chi connectivity index (χ3v) is 6.33. The van der Waals surface area contributed by atoms with Crippen molar-refractivity contribution in [1.82, 2.24) is 0 Å². The number of rotatable bonds is 1. The summed E-state index contributed by atoms with van der Waals surface area (Å²) in [5, 5.41) is 0.620. The zero-order valence-electron chi connectivity index (χ0n) is 15.5. The Kier molecular flexibility index (Phi) is 3.33. The lowest BCUT2D eigenvalue weighted by Gasteiger charge is -2.27. The molecule has 1 aliphatic carbocycles. The van der Waals surface area contributed by atoms with Crippen LogP contribution in [-0.2, 0) is 10.2 Å². The maximum Gasteiger partial charge on any atom is 0.251 e. The molecule has 0 radical (unpaired) electrons. The highest BCUT2D eigenvalue weighted by Gasteiger charge is 2.58. The van der Waals surface area contributed by atoms with E-state index in [0.717, 1.165) is 39.2 Å². The molecule has 0 saturated carbocycles. The number of fused-ring (bicyclic) bond motifs is 7. The highest BCUT2D eigenvalue weighted by atomic mass is 35.5. The van der Waals surface area contributed by atoms with Crippen molar-refractivity contribution in [1.29, 1.82) is 0 Å². The smallest absolute Gasteiger partial charge is 0.251 e. The van der Waals surface area contributed by atoms with Gasteiger partial charge in [-0.3, -0.25) is 9.69 Å². The van der Waals surface area contributed by atoms with Crippen LogP contribution in [0.5, 0.6) is 0 Å². The molecule has 1 amide bonds. The average molecular weight is 394 g/mol. The van der Waals surface area contributed by atoms with Crippen molar-refractivity contribution in [2.24, 2.45) is 0 Å². The number of carbonyl (C=O) groups excluding carboxylic acids is 1. The molecule has 138 valence electrons. The summed E-state index contributed by atoms with van der Waals surface area (Å²) in [7, 11) is 0. The lowest BCUT2D eigenvalue weighted by Crippen LogP contribution is -2.38. The molecule has 0 atom stereocenters. The Morgan fingerprint density at radius 1 is 0.655 bits per heavy atom. The summed E-state index contributed by atoms with van der Waals surface area (Å²) in [5.74, 6) is 0.0402. The van der Waals surface area contributed by atoms with Gasteiger partial charge in [-0.05, 0) is 46.5 Å². The van der Waals surface area contributed by atoms with Crippen molar-refractivity contribution in [2.75, 3.05) is 4.90 Å². The minimum absolute atomic E-state index is 0.0402. The van der Waals surface area contributed by atoms with Crippen molar-refractivity contribution < 1.29 is 4.79 Å². The van der Waals surface area contributed by atoms with Gasteiger partial charge >= 0.3 is 0 Å². The first kappa shape index (κ1) is 16.6. The SMILES string of the molecule is O=C1N(c2ccccc2)c2cc(Cl)ccc2C12c1ccccc1-c1ccccc12. The van der Waals surface area contributed by atoms with Gasteiger partial charge in [0, 0.05) is 16.3 Å². The van der Waals surface area contributed by atoms with Gasteiger partial charge in [-0.2, -0.15) is 0 Å². The van der Waals surface area contributed by atoms with Gasteiger partial charge in [-0.15, -0.1) is 0 Å². The van der Waals surface area contributed by atoms with Crippen LogP contribution in [0.3, 0.4) is 0 Å². The second-order valence-corrected chi connectivity index (χ2v) is 7.92. The van der Waals surface area contributed by atoms with Crippen molar-refractivity contribution in [3.63, 3.8) is 0 Å². The minimum atomic E-state index is -0.858. The number of hydrogen-bond donors (Lipinski definition) is 0. The van der Waals surface area contributed by atoms with Gasteiger partial charge in [0.15, 0.2) is 0 Å². The molecule has 29 heavy (non-hydrogen) atoms. The molecule has 2 nitrogen and oxygen atoms in total. The molecule has 0 aromatic heterocycles. The number of anilines is 2. The lowest BCUT2D eigenvalue weighted by atomic mass is 9.73. The van der Waals surface area contributed by atoms with Crippen LogP contribution in [0.1, 0.15) is 16.7 Å². The van der Waals surface area contributed by atoms with Gasteiger partial charge < -0.3 is 0 Å². The summed E-state index contributed by atoms with van der Waals surface area (Å²) in [6.45, 7) is 0. The van der Waals surface area contributed by atoms with Crippen LogP contribution in [0, 0.1) is 0 Å². The monoisotopic (exact) mass is 393 g/mol. The Labute approximate surface area is 174 Å². The Morgan fingerprint density at radius 2 is 1.24 bits per heavy atom.